The van der Waals surface area contributed by atoms with E-state index in [4.69, 9.17) is 10.4 Å². The van der Waals surface area contributed by atoms with Gasteiger partial charge in [-0.1, -0.05) is 0 Å². The van der Waals surface area contributed by atoms with E-state index in [-0.39, 0.29) is 24.1 Å². The van der Waals surface area contributed by atoms with Crippen LogP contribution < -0.4 is 0 Å². The molecule has 20 heavy (non-hydrogen) atoms. The number of aryl methyl sites for hydroxylation is 1. The van der Waals surface area contributed by atoms with Crippen molar-refractivity contribution in [2.24, 2.45) is 0 Å². The molecule has 0 aliphatic heterocycles. The van der Waals surface area contributed by atoms with Crippen molar-refractivity contribution < 1.29 is 14.7 Å². The van der Waals surface area contributed by atoms with Crippen LogP contribution in [0.1, 0.15) is 52.4 Å². The average Bonchev–Trinajstić information content (AvgIpc) is 2.64. The summed E-state index contributed by atoms with van der Waals surface area (Å²) >= 11 is 0. The molecule has 0 saturated carbocycles. The van der Waals surface area contributed by atoms with E-state index in [9.17, 15) is 9.59 Å². The van der Waals surface area contributed by atoms with Crippen molar-refractivity contribution >= 4 is 11.9 Å². The SMILES string of the molecule is Cc1[nH]c(C(=O)O)c(C)c1C(=O)N(CCC#N)C(C)C. The maximum absolute atomic E-state index is 12.6. The monoisotopic (exact) mass is 277 g/mol. The van der Waals surface area contributed by atoms with Crippen molar-refractivity contribution in [1.82, 2.24) is 9.88 Å². The highest BCUT2D eigenvalue weighted by molar-refractivity contribution is 6.00. The number of carboxylic acids is 1. The van der Waals surface area contributed by atoms with Gasteiger partial charge in [0.1, 0.15) is 5.69 Å². The molecule has 6 heteroatoms. The molecule has 1 aromatic rings. The van der Waals surface area contributed by atoms with E-state index in [1.165, 1.54) is 0 Å². The Morgan fingerprint density at radius 1 is 1.40 bits per heavy atom. The molecule has 2 N–H and O–H groups in total. The van der Waals surface area contributed by atoms with Gasteiger partial charge in [0.05, 0.1) is 18.1 Å². The van der Waals surface area contributed by atoms with Crippen LogP contribution >= 0.6 is 0 Å². The van der Waals surface area contributed by atoms with E-state index in [1.54, 1.807) is 18.7 Å². The smallest absolute Gasteiger partial charge is 0.352 e. The van der Waals surface area contributed by atoms with Crippen molar-refractivity contribution in [1.29, 1.82) is 5.26 Å². The van der Waals surface area contributed by atoms with Crippen molar-refractivity contribution in [2.75, 3.05) is 6.54 Å². The third kappa shape index (κ3) is 2.99. The lowest BCUT2D eigenvalue weighted by molar-refractivity contribution is 0.0689. The quantitative estimate of drug-likeness (QED) is 0.861. The Hall–Kier alpha value is -2.29. The molecule has 0 unspecified atom stereocenters. The van der Waals surface area contributed by atoms with Gasteiger partial charge in [-0.15, -0.1) is 0 Å². The lowest BCUT2D eigenvalue weighted by Crippen LogP contribution is -2.38. The molecular formula is C14H19N3O3. The zero-order chi connectivity index (χ0) is 15.4. The van der Waals surface area contributed by atoms with E-state index in [1.807, 2.05) is 19.9 Å². The summed E-state index contributed by atoms with van der Waals surface area (Å²) < 4.78 is 0. The largest absolute Gasteiger partial charge is 0.477 e. The van der Waals surface area contributed by atoms with Gasteiger partial charge in [-0.25, -0.2) is 4.79 Å². The van der Waals surface area contributed by atoms with Gasteiger partial charge in [0, 0.05) is 18.3 Å². The first kappa shape index (κ1) is 15.8. The molecule has 1 amide bonds. The number of nitrogens with zero attached hydrogens (tertiary/aromatic N) is 2. The van der Waals surface area contributed by atoms with Crippen LogP contribution in [-0.2, 0) is 0 Å². The fourth-order valence-corrected chi connectivity index (χ4v) is 2.19. The molecule has 6 nitrogen and oxygen atoms in total. The number of nitriles is 1. The second kappa shape index (κ2) is 6.24. The summed E-state index contributed by atoms with van der Waals surface area (Å²) in [5.41, 5.74) is 1.39. The predicted molar refractivity (Wildman–Crippen MR) is 73.6 cm³/mol. The molecule has 0 radical (unpaired) electrons. The van der Waals surface area contributed by atoms with Gasteiger partial charge in [0.15, 0.2) is 0 Å². The zero-order valence-electron chi connectivity index (χ0n) is 12.1. The Labute approximate surface area is 118 Å². The van der Waals surface area contributed by atoms with E-state index < -0.39 is 5.97 Å². The second-order valence-electron chi connectivity index (χ2n) is 4.93. The minimum Gasteiger partial charge on any atom is -0.477 e. The molecule has 0 spiro atoms. The van der Waals surface area contributed by atoms with Gasteiger partial charge in [-0.05, 0) is 33.3 Å². The van der Waals surface area contributed by atoms with Crippen LogP contribution in [0.25, 0.3) is 0 Å². The number of hydrogen-bond donors (Lipinski definition) is 2. The molecule has 0 aromatic carbocycles. The number of amides is 1. The molecular weight excluding hydrogens is 258 g/mol. The zero-order valence-corrected chi connectivity index (χ0v) is 12.1. The first-order valence-electron chi connectivity index (χ1n) is 6.41. The normalized spacial score (nSPS) is 10.4. The first-order valence-corrected chi connectivity index (χ1v) is 6.41. The fraction of sp³-hybridized carbons (Fsp3) is 0.500. The molecule has 0 atom stereocenters. The van der Waals surface area contributed by atoms with Crippen molar-refractivity contribution in [3.63, 3.8) is 0 Å². The highest BCUT2D eigenvalue weighted by Crippen LogP contribution is 2.21. The van der Waals surface area contributed by atoms with Crippen LogP contribution in [0.2, 0.25) is 0 Å². The fourth-order valence-electron chi connectivity index (χ4n) is 2.19. The van der Waals surface area contributed by atoms with Crippen LogP contribution in [0.3, 0.4) is 0 Å². The minimum atomic E-state index is -1.09. The molecule has 0 aliphatic carbocycles. The van der Waals surface area contributed by atoms with Gasteiger partial charge < -0.3 is 15.0 Å². The number of aromatic amines is 1. The number of rotatable bonds is 5. The summed E-state index contributed by atoms with van der Waals surface area (Å²) in [7, 11) is 0. The van der Waals surface area contributed by atoms with Gasteiger partial charge in [-0.3, -0.25) is 4.79 Å². The summed E-state index contributed by atoms with van der Waals surface area (Å²) in [5.74, 6) is -1.33. The summed E-state index contributed by atoms with van der Waals surface area (Å²) in [4.78, 5) is 28.0. The van der Waals surface area contributed by atoms with Crippen molar-refractivity contribution in [3.05, 3.63) is 22.5 Å². The number of aromatic carboxylic acids is 1. The molecule has 0 saturated heterocycles. The number of hydrogen-bond acceptors (Lipinski definition) is 3. The maximum atomic E-state index is 12.6. The molecule has 1 rings (SSSR count). The number of carbonyl (C=O) groups excluding carboxylic acids is 1. The van der Waals surface area contributed by atoms with Crippen LogP contribution in [0, 0.1) is 25.2 Å². The summed E-state index contributed by atoms with van der Waals surface area (Å²) in [6, 6.07) is 1.96. The number of carboxylic acid groups (broad SMARTS) is 1. The Bertz CT molecular complexity index is 567. The van der Waals surface area contributed by atoms with Crippen LogP contribution in [0.4, 0.5) is 0 Å². The molecule has 0 aliphatic rings. The van der Waals surface area contributed by atoms with Crippen LogP contribution in [0.5, 0.6) is 0 Å². The van der Waals surface area contributed by atoms with E-state index in [2.05, 4.69) is 4.98 Å². The van der Waals surface area contributed by atoms with Crippen molar-refractivity contribution in [2.45, 2.75) is 40.2 Å². The Kier molecular flexibility index (Phi) is 4.92. The van der Waals surface area contributed by atoms with Crippen molar-refractivity contribution in [3.8, 4) is 6.07 Å². The maximum Gasteiger partial charge on any atom is 0.352 e. The van der Waals surface area contributed by atoms with Gasteiger partial charge in [0.25, 0.3) is 5.91 Å². The number of H-pyrrole nitrogens is 1. The highest BCUT2D eigenvalue weighted by atomic mass is 16.4. The van der Waals surface area contributed by atoms with E-state index in [0.29, 0.717) is 23.4 Å². The highest BCUT2D eigenvalue weighted by Gasteiger charge is 2.26. The topological polar surface area (TPSA) is 97.2 Å². The summed E-state index contributed by atoms with van der Waals surface area (Å²) in [6.07, 6.45) is 0.248. The third-order valence-corrected chi connectivity index (χ3v) is 3.21. The average molecular weight is 277 g/mol. The standard InChI is InChI=1S/C14H19N3O3/c1-8(2)17(7-5-6-15)13(18)11-9(3)12(14(19)20)16-10(11)4/h8,16H,5,7H2,1-4H3,(H,19,20). The molecule has 1 aromatic heterocycles. The lowest BCUT2D eigenvalue weighted by atomic mass is 10.1. The first-order chi connectivity index (χ1) is 9.31. The summed E-state index contributed by atoms with van der Waals surface area (Å²) in [6.45, 7) is 7.35. The third-order valence-electron chi connectivity index (χ3n) is 3.21. The molecule has 108 valence electrons. The Morgan fingerprint density at radius 3 is 2.40 bits per heavy atom. The van der Waals surface area contributed by atoms with Gasteiger partial charge in [-0.2, -0.15) is 5.26 Å². The Balaban J connectivity index is 3.19. The van der Waals surface area contributed by atoms with Gasteiger partial charge >= 0.3 is 5.97 Å². The number of carbonyl (C=O) groups is 2. The predicted octanol–water partition coefficient (Wildman–Crippen LogP) is 2.09. The number of nitrogens with one attached hydrogen (secondary N) is 1. The van der Waals surface area contributed by atoms with Crippen LogP contribution in [-0.4, -0.2) is 39.5 Å². The Morgan fingerprint density at radius 2 is 2.00 bits per heavy atom. The van der Waals surface area contributed by atoms with Crippen LogP contribution in [0.15, 0.2) is 0 Å². The van der Waals surface area contributed by atoms with Gasteiger partial charge in [0.2, 0.25) is 0 Å². The molecule has 0 fully saturated rings. The summed E-state index contributed by atoms with van der Waals surface area (Å²) in [5, 5.41) is 17.7. The number of aromatic nitrogens is 1. The van der Waals surface area contributed by atoms with E-state index >= 15 is 0 Å². The minimum absolute atomic E-state index is 0.0369. The molecule has 0 bridgehead atoms. The lowest BCUT2D eigenvalue weighted by Gasteiger charge is -2.26. The molecule has 1 heterocycles. The second-order valence-corrected chi connectivity index (χ2v) is 4.93. The van der Waals surface area contributed by atoms with E-state index in [0.717, 1.165) is 0 Å².